The zero-order valence-electron chi connectivity index (χ0n) is 8.65. The summed E-state index contributed by atoms with van der Waals surface area (Å²) in [5.74, 6) is 0. The van der Waals surface area contributed by atoms with E-state index in [0.717, 1.165) is 37.6 Å². The number of thiophene rings is 1. The standard InChI is InChI=1S/C10H12ClN3OS/c11-9-7-5-16-6-8(7)12-10(13-9)14-1-3-15-4-2-14/h5-6,10,12H,1-4H2. The molecule has 1 N–H and O–H groups in total. The Hall–Kier alpha value is -0.620. The fourth-order valence-corrected chi connectivity index (χ4v) is 3.00. The molecule has 4 nitrogen and oxygen atoms in total. The highest BCUT2D eigenvalue weighted by atomic mass is 35.5. The largest absolute Gasteiger partial charge is 0.379 e. The van der Waals surface area contributed by atoms with Crippen molar-refractivity contribution in [3.8, 4) is 0 Å². The van der Waals surface area contributed by atoms with Gasteiger partial charge in [-0.1, -0.05) is 11.6 Å². The second-order valence-corrected chi connectivity index (χ2v) is 4.89. The lowest BCUT2D eigenvalue weighted by Gasteiger charge is -2.34. The zero-order chi connectivity index (χ0) is 11.0. The van der Waals surface area contributed by atoms with Crippen LogP contribution in [0.5, 0.6) is 0 Å². The Morgan fingerprint density at radius 2 is 2.25 bits per heavy atom. The fraction of sp³-hybridized carbons (Fsp3) is 0.500. The van der Waals surface area contributed by atoms with Crippen molar-refractivity contribution >= 4 is 33.8 Å². The minimum Gasteiger partial charge on any atom is -0.379 e. The first kappa shape index (κ1) is 10.5. The van der Waals surface area contributed by atoms with E-state index in [9.17, 15) is 0 Å². The van der Waals surface area contributed by atoms with Gasteiger partial charge in [0, 0.05) is 29.4 Å². The van der Waals surface area contributed by atoms with E-state index in [1.54, 1.807) is 11.3 Å². The number of anilines is 1. The number of nitrogens with one attached hydrogen (secondary N) is 1. The molecule has 0 radical (unpaired) electrons. The van der Waals surface area contributed by atoms with E-state index in [2.05, 4.69) is 20.6 Å². The maximum absolute atomic E-state index is 6.16. The first-order valence-electron chi connectivity index (χ1n) is 5.23. The van der Waals surface area contributed by atoms with Gasteiger partial charge in [-0.3, -0.25) is 4.90 Å². The van der Waals surface area contributed by atoms with Crippen LogP contribution in [-0.2, 0) is 4.74 Å². The van der Waals surface area contributed by atoms with E-state index in [-0.39, 0.29) is 6.29 Å². The lowest BCUT2D eigenvalue weighted by molar-refractivity contribution is 0.0236. The Kier molecular flexibility index (Phi) is 2.85. The predicted molar refractivity (Wildman–Crippen MR) is 66.5 cm³/mol. The van der Waals surface area contributed by atoms with Crippen LogP contribution in [0.2, 0.25) is 0 Å². The molecule has 0 aliphatic carbocycles. The van der Waals surface area contributed by atoms with E-state index in [0.29, 0.717) is 5.17 Å². The third-order valence-corrected chi connectivity index (χ3v) is 3.84. The van der Waals surface area contributed by atoms with Crippen molar-refractivity contribution in [2.24, 2.45) is 4.99 Å². The molecule has 1 unspecified atom stereocenters. The molecule has 86 valence electrons. The maximum atomic E-state index is 6.16. The van der Waals surface area contributed by atoms with Gasteiger partial charge in [0.1, 0.15) is 5.17 Å². The Balaban J connectivity index is 1.82. The molecule has 2 aliphatic rings. The van der Waals surface area contributed by atoms with Crippen LogP contribution in [-0.4, -0.2) is 42.7 Å². The summed E-state index contributed by atoms with van der Waals surface area (Å²) in [6.07, 6.45) is -0.0431. The highest BCUT2D eigenvalue weighted by Gasteiger charge is 2.25. The molecule has 0 bridgehead atoms. The molecule has 3 heterocycles. The van der Waals surface area contributed by atoms with Crippen molar-refractivity contribution in [1.82, 2.24) is 4.90 Å². The summed E-state index contributed by atoms with van der Waals surface area (Å²) < 4.78 is 5.32. The molecular formula is C10H12ClN3OS. The number of fused-ring (bicyclic) bond motifs is 1. The minimum absolute atomic E-state index is 0.0431. The first-order chi connectivity index (χ1) is 7.84. The highest BCUT2D eigenvalue weighted by Crippen LogP contribution is 2.28. The summed E-state index contributed by atoms with van der Waals surface area (Å²) >= 11 is 7.80. The Morgan fingerprint density at radius 1 is 1.44 bits per heavy atom. The molecule has 1 aromatic rings. The molecule has 2 aliphatic heterocycles. The molecule has 0 amide bonds. The van der Waals surface area contributed by atoms with E-state index >= 15 is 0 Å². The van der Waals surface area contributed by atoms with Crippen LogP contribution in [0.25, 0.3) is 0 Å². The van der Waals surface area contributed by atoms with Gasteiger partial charge in [0.2, 0.25) is 0 Å². The molecule has 1 saturated heterocycles. The summed E-state index contributed by atoms with van der Waals surface area (Å²) in [5.41, 5.74) is 2.10. The van der Waals surface area contributed by atoms with Crippen molar-refractivity contribution in [2.75, 3.05) is 31.6 Å². The molecule has 1 aromatic heterocycles. The summed E-state index contributed by atoms with van der Waals surface area (Å²) in [4.78, 5) is 6.71. The highest BCUT2D eigenvalue weighted by molar-refractivity contribution is 7.09. The van der Waals surface area contributed by atoms with Gasteiger partial charge < -0.3 is 10.1 Å². The number of halogens is 1. The van der Waals surface area contributed by atoms with Crippen molar-refractivity contribution in [2.45, 2.75) is 6.29 Å². The van der Waals surface area contributed by atoms with Crippen LogP contribution in [0.15, 0.2) is 15.8 Å². The van der Waals surface area contributed by atoms with Crippen LogP contribution < -0.4 is 5.32 Å². The molecule has 1 atom stereocenters. The van der Waals surface area contributed by atoms with Gasteiger partial charge >= 0.3 is 0 Å². The monoisotopic (exact) mass is 257 g/mol. The molecule has 3 rings (SSSR count). The van der Waals surface area contributed by atoms with Crippen molar-refractivity contribution in [3.05, 3.63) is 16.3 Å². The van der Waals surface area contributed by atoms with Crippen molar-refractivity contribution < 1.29 is 4.74 Å². The molecular weight excluding hydrogens is 246 g/mol. The molecule has 16 heavy (non-hydrogen) atoms. The van der Waals surface area contributed by atoms with Gasteiger partial charge in [-0.05, 0) is 0 Å². The third kappa shape index (κ3) is 1.84. The maximum Gasteiger partial charge on any atom is 0.178 e. The fourth-order valence-electron chi connectivity index (χ4n) is 1.91. The van der Waals surface area contributed by atoms with Crippen molar-refractivity contribution in [3.63, 3.8) is 0 Å². The van der Waals surface area contributed by atoms with Crippen LogP contribution in [0, 0.1) is 0 Å². The van der Waals surface area contributed by atoms with Crippen LogP contribution in [0.4, 0.5) is 5.69 Å². The molecule has 0 saturated carbocycles. The number of hydrogen-bond donors (Lipinski definition) is 1. The van der Waals surface area contributed by atoms with Gasteiger partial charge in [-0.25, -0.2) is 4.99 Å². The Morgan fingerprint density at radius 3 is 3.06 bits per heavy atom. The Labute approximate surface area is 103 Å². The third-order valence-electron chi connectivity index (χ3n) is 2.80. The lowest BCUT2D eigenvalue weighted by Crippen LogP contribution is -2.47. The zero-order valence-corrected chi connectivity index (χ0v) is 10.2. The summed E-state index contributed by atoms with van der Waals surface area (Å²) in [6, 6.07) is 0. The number of nitrogens with zero attached hydrogens (tertiary/aromatic N) is 2. The van der Waals surface area contributed by atoms with Crippen LogP contribution >= 0.6 is 22.9 Å². The summed E-state index contributed by atoms with van der Waals surface area (Å²) in [7, 11) is 0. The molecule has 0 spiro atoms. The van der Waals surface area contributed by atoms with E-state index < -0.39 is 0 Å². The van der Waals surface area contributed by atoms with Crippen LogP contribution in [0.1, 0.15) is 5.56 Å². The smallest absolute Gasteiger partial charge is 0.178 e. The van der Waals surface area contributed by atoms with Crippen molar-refractivity contribution in [1.29, 1.82) is 0 Å². The molecule has 1 fully saturated rings. The topological polar surface area (TPSA) is 36.9 Å². The number of morpholine rings is 1. The van der Waals surface area contributed by atoms with E-state index in [1.807, 2.05) is 5.38 Å². The van der Waals surface area contributed by atoms with Gasteiger partial charge in [-0.15, -0.1) is 11.3 Å². The Bertz CT molecular complexity index is 414. The predicted octanol–water partition coefficient (Wildman–Crippen LogP) is 1.77. The minimum atomic E-state index is -0.0431. The average Bonchev–Trinajstić information content (AvgIpc) is 2.79. The number of ether oxygens (including phenoxy) is 1. The SMILES string of the molecule is ClC1=NC(N2CCOCC2)Nc2cscc21. The van der Waals surface area contributed by atoms with Gasteiger partial charge in [-0.2, -0.15) is 0 Å². The summed E-state index contributed by atoms with van der Waals surface area (Å²) in [5, 5.41) is 8.08. The van der Waals surface area contributed by atoms with Crippen LogP contribution in [0.3, 0.4) is 0 Å². The first-order valence-corrected chi connectivity index (χ1v) is 6.55. The van der Waals surface area contributed by atoms with E-state index in [4.69, 9.17) is 16.3 Å². The molecule has 6 heteroatoms. The number of hydrogen-bond acceptors (Lipinski definition) is 5. The van der Waals surface area contributed by atoms with E-state index in [1.165, 1.54) is 0 Å². The lowest BCUT2D eigenvalue weighted by atomic mass is 10.2. The molecule has 0 aromatic carbocycles. The quantitative estimate of drug-likeness (QED) is 0.833. The van der Waals surface area contributed by atoms with Gasteiger partial charge in [0.25, 0.3) is 0 Å². The van der Waals surface area contributed by atoms with Gasteiger partial charge in [0.05, 0.1) is 18.9 Å². The average molecular weight is 258 g/mol. The number of aliphatic imine (C=N–C) groups is 1. The van der Waals surface area contributed by atoms with Gasteiger partial charge in [0.15, 0.2) is 6.29 Å². The second kappa shape index (κ2) is 4.33. The summed E-state index contributed by atoms with van der Waals surface area (Å²) in [6.45, 7) is 3.32. The second-order valence-electron chi connectivity index (χ2n) is 3.79. The number of rotatable bonds is 1. The normalized spacial score (nSPS) is 25.8.